The summed E-state index contributed by atoms with van der Waals surface area (Å²) in [6.07, 6.45) is 0. The molecule has 0 spiro atoms. The molecule has 152 valence electrons. The zero-order valence-corrected chi connectivity index (χ0v) is 17.0. The van der Waals surface area contributed by atoms with Crippen LogP contribution in [0.5, 0.6) is 11.5 Å². The Kier molecular flexibility index (Phi) is 6.98. The molecule has 1 amide bonds. The van der Waals surface area contributed by atoms with Crippen molar-refractivity contribution >= 4 is 15.9 Å². The Morgan fingerprint density at radius 2 is 1.68 bits per heavy atom. The van der Waals surface area contributed by atoms with Crippen molar-refractivity contribution in [1.29, 1.82) is 0 Å². The standard InChI is InChI=1S/C19H23FN2O5S/c1-21(12-14-7-5-6-8-16(14)20)19(23)13-22(2)28(24,25)15-9-10-17(26-3)18(11-15)27-4/h5-11H,12-13H2,1-4H3. The lowest BCUT2D eigenvalue weighted by molar-refractivity contribution is -0.130. The van der Waals surface area contributed by atoms with Crippen LogP contribution in [0.2, 0.25) is 0 Å². The third kappa shape index (κ3) is 4.79. The van der Waals surface area contributed by atoms with E-state index in [1.165, 1.54) is 57.5 Å². The van der Waals surface area contributed by atoms with Gasteiger partial charge in [-0.05, 0) is 18.2 Å². The van der Waals surface area contributed by atoms with Crippen molar-refractivity contribution in [2.75, 3.05) is 34.9 Å². The van der Waals surface area contributed by atoms with Crippen molar-refractivity contribution in [3.05, 3.63) is 53.8 Å². The van der Waals surface area contributed by atoms with Gasteiger partial charge in [0.25, 0.3) is 0 Å². The molecule has 7 nitrogen and oxygen atoms in total. The van der Waals surface area contributed by atoms with E-state index in [2.05, 4.69) is 0 Å². The molecular formula is C19H23FN2O5S. The highest BCUT2D eigenvalue weighted by molar-refractivity contribution is 7.89. The highest BCUT2D eigenvalue weighted by Crippen LogP contribution is 2.30. The van der Waals surface area contributed by atoms with Crippen LogP contribution in [-0.2, 0) is 21.4 Å². The quantitative estimate of drug-likeness (QED) is 0.666. The number of carbonyl (C=O) groups excluding carboxylic acids is 1. The molecule has 0 radical (unpaired) electrons. The number of benzene rings is 2. The number of amides is 1. The smallest absolute Gasteiger partial charge is 0.243 e. The zero-order valence-electron chi connectivity index (χ0n) is 16.2. The van der Waals surface area contributed by atoms with Crippen LogP contribution in [0.4, 0.5) is 4.39 Å². The van der Waals surface area contributed by atoms with Crippen LogP contribution < -0.4 is 9.47 Å². The summed E-state index contributed by atoms with van der Waals surface area (Å²) in [5.74, 6) is -0.229. The van der Waals surface area contributed by atoms with Crippen molar-refractivity contribution in [3.63, 3.8) is 0 Å². The predicted molar refractivity (Wildman–Crippen MR) is 102 cm³/mol. The van der Waals surface area contributed by atoms with Gasteiger partial charge in [-0.25, -0.2) is 12.8 Å². The molecule has 0 bridgehead atoms. The first-order valence-corrected chi connectivity index (χ1v) is 9.80. The van der Waals surface area contributed by atoms with Gasteiger partial charge in [0.1, 0.15) is 5.82 Å². The fourth-order valence-electron chi connectivity index (χ4n) is 2.52. The van der Waals surface area contributed by atoms with Gasteiger partial charge >= 0.3 is 0 Å². The number of methoxy groups -OCH3 is 2. The van der Waals surface area contributed by atoms with E-state index in [1.807, 2.05) is 0 Å². The van der Waals surface area contributed by atoms with Gasteiger partial charge in [-0.1, -0.05) is 18.2 Å². The molecule has 0 fully saturated rings. The summed E-state index contributed by atoms with van der Waals surface area (Å²) in [5, 5.41) is 0. The van der Waals surface area contributed by atoms with Crippen LogP contribution >= 0.6 is 0 Å². The maximum atomic E-state index is 13.8. The van der Waals surface area contributed by atoms with Crippen LogP contribution in [0.25, 0.3) is 0 Å². The maximum Gasteiger partial charge on any atom is 0.243 e. The van der Waals surface area contributed by atoms with E-state index >= 15 is 0 Å². The number of rotatable bonds is 8. The number of ether oxygens (including phenoxy) is 2. The van der Waals surface area contributed by atoms with Gasteiger partial charge in [-0.3, -0.25) is 4.79 Å². The summed E-state index contributed by atoms with van der Waals surface area (Å²) in [7, 11) is 1.72. The highest BCUT2D eigenvalue weighted by atomic mass is 32.2. The van der Waals surface area contributed by atoms with Crippen LogP contribution in [0.1, 0.15) is 5.56 Å². The number of likely N-dealkylation sites (N-methyl/N-ethyl adjacent to an activating group) is 2. The lowest BCUT2D eigenvalue weighted by Crippen LogP contribution is -2.39. The summed E-state index contributed by atoms with van der Waals surface area (Å²) in [6, 6.07) is 10.3. The number of carbonyl (C=O) groups is 1. The van der Waals surface area contributed by atoms with Crippen molar-refractivity contribution < 1.29 is 27.1 Å². The second-order valence-corrected chi connectivity index (χ2v) is 8.16. The Morgan fingerprint density at radius 3 is 2.29 bits per heavy atom. The SMILES string of the molecule is COc1ccc(S(=O)(=O)N(C)CC(=O)N(C)Cc2ccccc2F)cc1OC. The van der Waals surface area contributed by atoms with Gasteiger partial charge in [-0.2, -0.15) is 4.31 Å². The molecule has 0 aliphatic heterocycles. The molecule has 0 heterocycles. The monoisotopic (exact) mass is 410 g/mol. The molecule has 0 N–H and O–H groups in total. The van der Waals surface area contributed by atoms with Crippen molar-refractivity contribution in [2.24, 2.45) is 0 Å². The minimum absolute atomic E-state index is 0.0304. The van der Waals surface area contributed by atoms with Crippen LogP contribution in [0.15, 0.2) is 47.4 Å². The van der Waals surface area contributed by atoms with Gasteiger partial charge in [0.2, 0.25) is 15.9 Å². The minimum Gasteiger partial charge on any atom is -0.493 e. The molecule has 0 aliphatic carbocycles. The Bertz CT molecular complexity index is 949. The molecule has 2 aromatic carbocycles. The third-order valence-corrected chi connectivity index (χ3v) is 6.01. The lowest BCUT2D eigenvalue weighted by atomic mass is 10.2. The van der Waals surface area contributed by atoms with Crippen molar-refractivity contribution in [3.8, 4) is 11.5 Å². The molecule has 9 heteroatoms. The van der Waals surface area contributed by atoms with E-state index in [-0.39, 0.29) is 23.7 Å². The van der Waals surface area contributed by atoms with Gasteiger partial charge < -0.3 is 14.4 Å². The normalized spacial score (nSPS) is 11.4. The molecule has 0 aromatic heterocycles. The number of hydrogen-bond acceptors (Lipinski definition) is 5. The number of nitrogens with zero attached hydrogens (tertiary/aromatic N) is 2. The largest absolute Gasteiger partial charge is 0.493 e. The van der Waals surface area contributed by atoms with Gasteiger partial charge in [0.05, 0.1) is 25.7 Å². The Morgan fingerprint density at radius 1 is 1.04 bits per heavy atom. The predicted octanol–water partition coefficient (Wildman–Crippen LogP) is 2.12. The average Bonchev–Trinajstić information content (AvgIpc) is 2.68. The number of sulfonamides is 1. The van der Waals surface area contributed by atoms with Crippen LogP contribution in [0.3, 0.4) is 0 Å². The number of hydrogen-bond donors (Lipinski definition) is 0. The van der Waals surface area contributed by atoms with Crippen molar-refractivity contribution in [1.82, 2.24) is 9.21 Å². The Hall–Kier alpha value is -2.65. The zero-order chi connectivity index (χ0) is 20.9. The van der Waals surface area contributed by atoms with E-state index < -0.39 is 21.7 Å². The molecular weight excluding hydrogens is 387 g/mol. The molecule has 2 aromatic rings. The summed E-state index contributed by atoms with van der Waals surface area (Å²) in [4.78, 5) is 13.7. The van der Waals surface area contributed by atoms with E-state index in [0.29, 0.717) is 11.3 Å². The van der Waals surface area contributed by atoms with E-state index in [9.17, 15) is 17.6 Å². The van der Waals surface area contributed by atoms with E-state index in [0.717, 1.165) is 4.31 Å². The maximum absolute atomic E-state index is 13.8. The Labute approximate surface area is 164 Å². The summed E-state index contributed by atoms with van der Waals surface area (Å²) in [6.45, 7) is -0.350. The molecule has 2 rings (SSSR count). The summed E-state index contributed by atoms with van der Waals surface area (Å²) >= 11 is 0. The van der Waals surface area contributed by atoms with Crippen LogP contribution in [0, 0.1) is 5.82 Å². The first-order chi connectivity index (χ1) is 13.2. The second kappa shape index (κ2) is 9.03. The molecule has 0 saturated carbocycles. The van der Waals surface area contributed by atoms with E-state index in [1.54, 1.807) is 18.2 Å². The minimum atomic E-state index is -3.93. The van der Waals surface area contributed by atoms with Crippen LogP contribution in [-0.4, -0.2) is 58.4 Å². The average molecular weight is 410 g/mol. The third-order valence-electron chi connectivity index (χ3n) is 4.21. The van der Waals surface area contributed by atoms with Gasteiger partial charge in [0.15, 0.2) is 11.5 Å². The fraction of sp³-hybridized carbons (Fsp3) is 0.316. The van der Waals surface area contributed by atoms with Gasteiger partial charge in [0, 0.05) is 32.3 Å². The summed E-state index contributed by atoms with van der Waals surface area (Å²) < 4.78 is 50.5. The first kappa shape index (κ1) is 21.6. The van der Waals surface area contributed by atoms with Gasteiger partial charge in [-0.15, -0.1) is 0 Å². The molecule has 0 aliphatic rings. The molecule has 28 heavy (non-hydrogen) atoms. The first-order valence-electron chi connectivity index (χ1n) is 8.36. The molecule has 0 saturated heterocycles. The second-order valence-electron chi connectivity index (χ2n) is 6.12. The highest BCUT2D eigenvalue weighted by Gasteiger charge is 2.25. The van der Waals surface area contributed by atoms with Crippen molar-refractivity contribution in [2.45, 2.75) is 11.4 Å². The molecule has 0 atom stereocenters. The summed E-state index contributed by atoms with van der Waals surface area (Å²) in [5.41, 5.74) is 0.351. The fourth-order valence-corrected chi connectivity index (χ4v) is 3.66. The van der Waals surface area contributed by atoms with E-state index in [4.69, 9.17) is 9.47 Å². The number of halogens is 1. The lowest BCUT2D eigenvalue weighted by Gasteiger charge is -2.22. The topological polar surface area (TPSA) is 76.2 Å². The molecule has 0 unspecified atom stereocenters. The Balaban J connectivity index is 2.13.